The molecule has 0 amide bonds. The highest BCUT2D eigenvalue weighted by atomic mass is 16.5. The summed E-state index contributed by atoms with van der Waals surface area (Å²) < 4.78 is 9.94. The lowest BCUT2D eigenvalue weighted by molar-refractivity contribution is -0.139. The first-order chi connectivity index (χ1) is 9.15. The lowest BCUT2D eigenvalue weighted by Crippen LogP contribution is -2.39. The average Bonchev–Trinajstić information content (AvgIpc) is 2.47. The van der Waals surface area contributed by atoms with Crippen molar-refractivity contribution < 1.29 is 14.3 Å². The summed E-state index contributed by atoms with van der Waals surface area (Å²) in [7, 11) is 3.06. The van der Waals surface area contributed by atoms with Crippen LogP contribution in [0, 0.1) is 0 Å². The zero-order chi connectivity index (χ0) is 14.3. The van der Waals surface area contributed by atoms with Gasteiger partial charge in [0, 0.05) is 11.7 Å². The van der Waals surface area contributed by atoms with Crippen LogP contribution in [-0.4, -0.2) is 32.8 Å². The van der Waals surface area contributed by atoms with Crippen LogP contribution in [0.1, 0.15) is 26.7 Å². The molecule has 4 heteroatoms. The van der Waals surface area contributed by atoms with Crippen LogP contribution in [0.3, 0.4) is 0 Å². The van der Waals surface area contributed by atoms with Gasteiger partial charge in [0.05, 0.1) is 14.2 Å². The van der Waals surface area contributed by atoms with Gasteiger partial charge in [-0.2, -0.15) is 0 Å². The predicted octanol–water partition coefficient (Wildman–Crippen LogP) is 2.86. The van der Waals surface area contributed by atoms with Gasteiger partial charge >= 0.3 is 5.97 Å². The molecule has 0 radical (unpaired) electrons. The van der Waals surface area contributed by atoms with Crippen LogP contribution in [0.2, 0.25) is 0 Å². The normalized spacial score (nSPS) is 10.4. The molecule has 1 aromatic carbocycles. The quantitative estimate of drug-likeness (QED) is 0.711. The second kappa shape index (κ2) is 7.67. The molecule has 0 heterocycles. The molecule has 1 rings (SSSR count). The maximum atomic E-state index is 11.6. The third-order valence-electron chi connectivity index (χ3n) is 3.31. The van der Waals surface area contributed by atoms with Gasteiger partial charge in [-0.05, 0) is 37.1 Å². The van der Waals surface area contributed by atoms with Crippen LogP contribution in [-0.2, 0) is 9.53 Å². The second-order valence-corrected chi connectivity index (χ2v) is 4.37. The molecule has 0 unspecified atom stereocenters. The van der Waals surface area contributed by atoms with E-state index in [1.165, 1.54) is 7.11 Å². The molecular formula is C15H23NO3. The first-order valence-electron chi connectivity index (χ1n) is 6.63. The Kier molecular flexibility index (Phi) is 6.19. The molecular weight excluding hydrogens is 242 g/mol. The van der Waals surface area contributed by atoms with Crippen molar-refractivity contribution in [2.24, 2.45) is 0 Å². The van der Waals surface area contributed by atoms with E-state index in [-0.39, 0.29) is 12.5 Å². The van der Waals surface area contributed by atoms with Crippen LogP contribution >= 0.6 is 0 Å². The molecule has 0 aliphatic rings. The largest absolute Gasteiger partial charge is 0.497 e. The zero-order valence-electron chi connectivity index (χ0n) is 12.2. The Hall–Kier alpha value is -1.71. The molecule has 0 aliphatic carbocycles. The van der Waals surface area contributed by atoms with Gasteiger partial charge in [-0.15, -0.1) is 0 Å². The average molecular weight is 265 g/mol. The molecule has 106 valence electrons. The Labute approximate surface area is 115 Å². The summed E-state index contributed by atoms with van der Waals surface area (Å²) >= 11 is 0. The highest BCUT2D eigenvalue weighted by molar-refractivity contribution is 5.76. The van der Waals surface area contributed by atoms with E-state index in [2.05, 4.69) is 18.7 Å². The standard InChI is InChI=1S/C15H23NO3/c1-5-12(6-2)16(11-15(17)19-4)13-7-9-14(18-3)10-8-13/h7-10,12H,5-6,11H2,1-4H3. The molecule has 0 atom stereocenters. The Morgan fingerprint density at radius 2 is 1.74 bits per heavy atom. The van der Waals surface area contributed by atoms with Crippen molar-refractivity contribution in [2.75, 3.05) is 25.7 Å². The first-order valence-corrected chi connectivity index (χ1v) is 6.63. The van der Waals surface area contributed by atoms with Gasteiger partial charge < -0.3 is 14.4 Å². The van der Waals surface area contributed by atoms with Gasteiger partial charge in [0.25, 0.3) is 0 Å². The molecule has 0 aliphatic heterocycles. The molecule has 0 saturated carbocycles. The molecule has 1 aromatic rings. The van der Waals surface area contributed by atoms with Crippen molar-refractivity contribution in [3.8, 4) is 5.75 Å². The van der Waals surface area contributed by atoms with Crippen molar-refractivity contribution in [3.63, 3.8) is 0 Å². The van der Waals surface area contributed by atoms with E-state index in [4.69, 9.17) is 9.47 Å². The molecule has 0 saturated heterocycles. The van der Waals surface area contributed by atoms with E-state index in [1.54, 1.807) is 7.11 Å². The third kappa shape index (κ3) is 4.16. The highest BCUT2D eigenvalue weighted by Gasteiger charge is 2.19. The van der Waals surface area contributed by atoms with Gasteiger partial charge in [-0.25, -0.2) is 0 Å². The van der Waals surface area contributed by atoms with Gasteiger partial charge in [0.15, 0.2) is 0 Å². The lowest BCUT2D eigenvalue weighted by atomic mass is 10.1. The maximum absolute atomic E-state index is 11.6. The molecule has 19 heavy (non-hydrogen) atoms. The van der Waals surface area contributed by atoms with Crippen LogP contribution in [0.15, 0.2) is 24.3 Å². The predicted molar refractivity (Wildman–Crippen MR) is 76.7 cm³/mol. The number of hydrogen-bond acceptors (Lipinski definition) is 4. The van der Waals surface area contributed by atoms with Crippen LogP contribution < -0.4 is 9.64 Å². The lowest BCUT2D eigenvalue weighted by Gasteiger charge is -2.31. The summed E-state index contributed by atoms with van der Waals surface area (Å²) in [6.07, 6.45) is 1.97. The second-order valence-electron chi connectivity index (χ2n) is 4.37. The highest BCUT2D eigenvalue weighted by Crippen LogP contribution is 2.23. The Bertz CT molecular complexity index is 385. The molecule has 4 nitrogen and oxygen atoms in total. The number of hydrogen-bond donors (Lipinski definition) is 0. The van der Waals surface area contributed by atoms with E-state index in [0.717, 1.165) is 24.3 Å². The van der Waals surface area contributed by atoms with Crippen molar-refractivity contribution in [3.05, 3.63) is 24.3 Å². The van der Waals surface area contributed by atoms with E-state index >= 15 is 0 Å². The summed E-state index contributed by atoms with van der Waals surface area (Å²) in [4.78, 5) is 13.7. The number of anilines is 1. The Balaban J connectivity index is 2.96. The van der Waals surface area contributed by atoms with Crippen LogP contribution in [0.5, 0.6) is 5.75 Å². The van der Waals surface area contributed by atoms with Crippen LogP contribution in [0.4, 0.5) is 5.69 Å². The number of esters is 1. The Morgan fingerprint density at radius 3 is 2.16 bits per heavy atom. The van der Waals surface area contributed by atoms with E-state index in [1.807, 2.05) is 24.3 Å². The van der Waals surface area contributed by atoms with Crippen molar-refractivity contribution >= 4 is 11.7 Å². The summed E-state index contributed by atoms with van der Waals surface area (Å²) in [6.45, 7) is 4.53. The van der Waals surface area contributed by atoms with E-state index in [0.29, 0.717) is 6.04 Å². The summed E-state index contributed by atoms with van der Waals surface area (Å²) in [5.41, 5.74) is 1.01. The monoisotopic (exact) mass is 265 g/mol. The van der Waals surface area contributed by atoms with Gasteiger partial charge in [0.2, 0.25) is 0 Å². The maximum Gasteiger partial charge on any atom is 0.325 e. The third-order valence-corrected chi connectivity index (χ3v) is 3.31. The van der Waals surface area contributed by atoms with E-state index in [9.17, 15) is 4.79 Å². The molecule has 0 N–H and O–H groups in total. The fourth-order valence-electron chi connectivity index (χ4n) is 2.14. The van der Waals surface area contributed by atoms with E-state index < -0.39 is 0 Å². The summed E-state index contributed by atoms with van der Waals surface area (Å²) in [6, 6.07) is 8.08. The number of benzene rings is 1. The van der Waals surface area contributed by atoms with Crippen molar-refractivity contribution in [2.45, 2.75) is 32.7 Å². The number of carbonyl (C=O) groups is 1. The SMILES string of the molecule is CCC(CC)N(CC(=O)OC)c1ccc(OC)cc1. The minimum Gasteiger partial charge on any atom is -0.497 e. The number of carbonyl (C=O) groups excluding carboxylic acids is 1. The number of methoxy groups -OCH3 is 2. The Morgan fingerprint density at radius 1 is 1.16 bits per heavy atom. The fraction of sp³-hybridized carbons (Fsp3) is 0.533. The minimum atomic E-state index is -0.220. The van der Waals surface area contributed by atoms with Crippen LogP contribution in [0.25, 0.3) is 0 Å². The van der Waals surface area contributed by atoms with Crippen molar-refractivity contribution in [1.29, 1.82) is 0 Å². The van der Waals surface area contributed by atoms with Crippen molar-refractivity contribution in [1.82, 2.24) is 0 Å². The molecule has 0 fully saturated rings. The zero-order valence-corrected chi connectivity index (χ0v) is 12.2. The number of rotatable bonds is 7. The summed E-state index contributed by atoms with van der Waals surface area (Å²) in [5, 5.41) is 0. The number of nitrogens with zero attached hydrogens (tertiary/aromatic N) is 1. The fourth-order valence-corrected chi connectivity index (χ4v) is 2.14. The molecule has 0 spiro atoms. The minimum absolute atomic E-state index is 0.220. The molecule has 0 aromatic heterocycles. The summed E-state index contributed by atoms with van der Waals surface area (Å²) in [5.74, 6) is 0.592. The number of ether oxygens (including phenoxy) is 2. The smallest absolute Gasteiger partial charge is 0.325 e. The van der Waals surface area contributed by atoms with Gasteiger partial charge in [0.1, 0.15) is 12.3 Å². The first kappa shape index (κ1) is 15.3. The van der Waals surface area contributed by atoms with Gasteiger partial charge in [-0.1, -0.05) is 13.8 Å². The topological polar surface area (TPSA) is 38.8 Å². The van der Waals surface area contributed by atoms with Gasteiger partial charge in [-0.3, -0.25) is 4.79 Å². The molecule has 0 bridgehead atoms.